The molecule has 1 aliphatic heterocycles. The van der Waals surface area contributed by atoms with Gasteiger partial charge in [0.05, 0.1) is 25.8 Å². The highest BCUT2D eigenvalue weighted by molar-refractivity contribution is 6.35. The third kappa shape index (κ3) is 2.81. The number of ether oxygens (including phenoxy) is 1. The average Bonchev–Trinajstić information content (AvgIpc) is 2.90. The van der Waals surface area contributed by atoms with Gasteiger partial charge in [-0.1, -0.05) is 29.3 Å². The van der Waals surface area contributed by atoms with E-state index >= 15 is 0 Å². The van der Waals surface area contributed by atoms with Crippen molar-refractivity contribution < 1.29 is 19.0 Å². The van der Waals surface area contributed by atoms with Crippen LogP contribution in [0.4, 0.5) is 4.39 Å². The quantitative estimate of drug-likeness (QED) is 0.839. The topological polar surface area (TPSA) is 62.7 Å². The molecule has 0 saturated carbocycles. The van der Waals surface area contributed by atoms with Gasteiger partial charge in [0.25, 0.3) is 5.91 Å². The fraction of sp³-hybridized carbons (Fsp3) is 0.250. The van der Waals surface area contributed by atoms with Gasteiger partial charge in [0.15, 0.2) is 11.0 Å². The standard InChI is InChI=1S/C16H13Cl2FN2O3/c1-24-10-3-2-8(9(4-10)7-22)5-21-6-11-12(16(21)23)14(17)20-15(18)13(11)19/h2-4,22H,5-7H2,1H3. The number of benzene rings is 1. The minimum absolute atomic E-state index is 0.0395. The Balaban J connectivity index is 1.92. The van der Waals surface area contributed by atoms with Crippen molar-refractivity contribution >= 4 is 29.1 Å². The summed E-state index contributed by atoms with van der Waals surface area (Å²) in [6, 6.07) is 5.17. The van der Waals surface area contributed by atoms with Crippen molar-refractivity contribution in [1.29, 1.82) is 0 Å². The Morgan fingerprint density at radius 2 is 2.08 bits per heavy atom. The molecular weight excluding hydrogens is 358 g/mol. The maximum absolute atomic E-state index is 14.1. The van der Waals surface area contributed by atoms with Gasteiger partial charge in [-0.3, -0.25) is 4.79 Å². The summed E-state index contributed by atoms with van der Waals surface area (Å²) in [4.78, 5) is 17.6. The second-order valence-electron chi connectivity index (χ2n) is 5.31. The second-order valence-corrected chi connectivity index (χ2v) is 6.03. The molecule has 8 heteroatoms. The molecular formula is C16H13Cl2FN2O3. The zero-order valence-electron chi connectivity index (χ0n) is 12.6. The number of amides is 1. The summed E-state index contributed by atoms with van der Waals surface area (Å²) in [5.41, 5.74) is 1.54. The smallest absolute Gasteiger partial charge is 0.258 e. The number of halogens is 3. The molecule has 1 N–H and O–H groups in total. The minimum Gasteiger partial charge on any atom is -0.497 e. The molecule has 1 aromatic carbocycles. The molecule has 2 heterocycles. The molecule has 1 aromatic heterocycles. The molecule has 3 rings (SSSR count). The van der Waals surface area contributed by atoms with Crippen molar-refractivity contribution in [2.24, 2.45) is 0 Å². The number of rotatable bonds is 4. The minimum atomic E-state index is -0.732. The molecule has 2 aromatic rings. The molecule has 0 saturated heterocycles. The monoisotopic (exact) mass is 370 g/mol. The fourth-order valence-electron chi connectivity index (χ4n) is 2.70. The Morgan fingerprint density at radius 1 is 1.33 bits per heavy atom. The van der Waals surface area contributed by atoms with E-state index < -0.39 is 11.7 Å². The summed E-state index contributed by atoms with van der Waals surface area (Å²) in [6.07, 6.45) is 0. The van der Waals surface area contributed by atoms with Crippen molar-refractivity contribution in [1.82, 2.24) is 9.88 Å². The lowest BCUT2D eigenvalue weighted by Gasteiger charge is -2.18. The van der Waals surface area contributed by atoms with Crippen molar-refractivity contribution in [2.75, 3.05) is 7.11 Å². The van der Waals surface area contributed by atoms with Crippen molar-refractivity contribution in [3.05, 3.63) is 56.6 Å². The third-order valence-corrected chi connectivity index (χ3v) is 4.47. The maximum Gasteiger partial charge on any atom is 0.258 e. The SMILES string of the molecule is COc1ccc(CN2Cc3c(F)c(Cl)nc(Cl)c3C2=O)c(CO)c1. The molecule has 0 unspecified atom stereocenters. The van der Waals surface area contributed by atoms with Crippen LogP contribution in [0, 0.1) is 5.82 Å². The van der Waals surface area contributed by atoms with E-state index in [9.17, 15) is 14.3 Å². The fourth-order valence-corrected chi connectivity index (χ4v) is 3.22. The number of aromatic nitrogens is 1. The van der Waals surface area contributed by atoms with E-state index in [2.05, 4.69) is 4.98 Å². The predicted octanol–water partition coefficient (Wildman–Crippen LogP) is 3.18. The number of aliphatic hydroxyl groups excluding tert-OH is 1. The van der Waals surface area contributed by atoms with Gasteiger partial charge >= 0.3 is 0 Å². The van der Waals surface area contributed by atoms with Crippen molar-refractivity contribution in [3.8, 4) is 5.75 Å². The van der Waals surface area contributed by atoms with Crippen LogP contribution in [-0.2, 0) is 19.7 Å². The Hall–Kier alpha value is -1.89. The molecule has 0 radical (unpaired) electrons. The van der Waals surface area contributed by atoms with Gasteiger partial charge in [-0.05, 0) is 23.3 Å². The van der Waals surface area contributed by atoms with Crippen molar-refractivity contribution in [2.45, 2.75) is 19.7 Å². The molecule has 1 aliphatic rings. The third-order valence-electron chi connectivity index (χ3n) is 3.95. The summed E-state index contributed by atoms with van der Waals surface area (Å²) in [5, 5.41) is 9.05. The maximum atomic E-state index is 14.1. The normalized spacial score (nSPS) is 13.4. The Morgan fingerprint density at radius 3 is 2.75 bits per heavy atom. The molecule has 0 aliphatic carbocycles. The van der Waals surface area contributed by atoms with Gasteiger partial charge < -0.3 is 14.7 Å². The highest BCUT2D eigenvalue weighted by Gasteiger charge is 2.34. The zero-order chi connectivity index (χ0) is 17.4. The number of carbonyl (C=O) groups is 1. The van der Waals surface area contributed by atoms with Crippen LogP contribution in [0.1, 0.15) is 27.0 Å². The van der Waals surface area contributed by atoms with E-state index in [4.69, 9.17) is 27.9 Å². The summed E-state index contributed by atoms with van der Waals surface area (Å²) in [5.74, 6) is -0.550. The molecule has 0 bridgehead atoms. The highest BCUT2D eigenvalue weighted by atomic mass is 35.5. The van der Waals surface area contributed by atoms with E-state index in [1.165, 1.54) is 12.0 Å². The number of pyridine rings is 1. The van der Waals surface area contributed by atoms with E-state index in [1.807, 2.05) is 0 Å². The first kappa shape index (κ1) is 17.0. The van der Waals surface area contributed by atoms with Crippen LogP contribution in [0.25, 0.3) is 0 Å². The summed E-state index contributed by atoms with van der Waals surface area (Å²) in [7, 11) is 1.53. The van der Waals surface area contributed by atoms with E-state index in [1.54, 1.807) is 18.2 Å². The van der Waals surface area contributed by atoms with Crippen LogP contribution in [0.15, 0.2) is 18.2 Å². The van der Waals surface area contributed by atoms with Crippen LogP contribution < -0.4 is 4.74 Å². The van der Waals surface area contributed by atoms with Gasteiger partial charge in [0.1, 0.15) is 10.9 Å². The molecule has 0 fully saturated rings. The lowest BCUT2D eigenvalue weighted by atomic mass is 10.1. The first-order chi connectivity index (χ1) is 11.5. The number of carbonyl (C=O) groups excluding carboxylic acids is 1. The average molecular weight is 371 g/mol. The van der Waals surface area contributed by atoms with E-state index in [-0.39, 0.29) is 41.1 Å². The second kappa shape index (κ2) is 6.55. The lowest BCUT2D eigenvalue weighted by Crippen LogP contribution is -2.24. The number of hydrogen-bond acceptors (Lipinski definition) is 4. The summed E-state index contributed by atoms with van der Waals surface area (Å²) >= 11 is 11.6. The molecule has 0 atom stereocenters. The van der Waals surface area contributed by atoms with Gasteiger partial charge in [-0.2, -0.15) is 0 Å². The van der Waals surface area contributed by atoms with Gasteiger partial charge in [-0.25, -0.2) is 9.37 Å². The molecule has 5 nitrogen and oxygen atoms in total. The van der Waals surface area contributed by atoms with Gasteiger partial charge in [-0.15, -0.1) is 0 Å². The molecule has 0 spiro atoms. The van der Waals surface area contributed by atoms with Gasteiger partial charge in [0.2, 0.25) is 0 Å². The van der Waals surface area contributed by atoms with Gasteiger partial charge in [0, 0.05) is 12.1 Å². The molecule has 126 valence electrons. The number of aliphatic hydroxyl groups is 1. The number of nitrogens with zero attached hydrogens (tertiary/aromatic N) is 2. The molecule has 1 amide bonds. The van der Waals surface area contributed by atoms with Crippen LogP contribution in [0.5, 0.6) is 5.75 Å². The summed E-state index contributed by atoms with van der Waals surface area (Å²) in [6.45, 7) is 0.0314. The Bertz CT molecular complexity index is 829. The Kier molecular flexibility index (Phi) is 4.62. The lowest BCUT2D eigenvalue weighted by molar-refractivity contribution is 0.0765. The van der Waals surface area contributed by atoms with Crippen LogP contribution >= 0.6 is 23.2 Å². The summed E-state index contributed by atoms with van der Waals surface area (Å²) < 4.78 is 19.2. The number of hydrogen-bond donors (Lipinski definition) is 1. The zero-order valence-corrected chi connectivity index (χ0v) is 14.2. The predicted molar refractivity (Wildman–Crippen MR) is 86.7 cm³/mol. The van der Waals surface area contributed by atoms with Crippen LogP contribution in [-0.4, -0.2) is 28.0 Å². The number of fused-ring (bicyclic) bond motifs is 1. The first-order valence-electron chi connectivity index (χ1n) is 7.05. The van der Waals surface area contributed by atoms with E-state index in [0.29, 0.717) is 11.3 Å². The van der Waals surface area contributed by atoms with E-state index in [0.717, 1.165) is 5.56 Å². The number of methoxy groups -OCH3 is 1. The van der Waals surface area contributed by atoms with Crippen molar-refractivity contribution in [3.63, 3.8) is 0 Å². The molecule has 24 heavy (non-hydrogen) atoms. The first-order valence-corrected chi connectivity index (χ1v) is 7.81. The largest absolute Gasteiger partial charge is 0.497 e. The van der Waals surface area contributed by atoms with Crippen LogP contribution in [0.2, 0.25) is 10.3 Å². The Labute approximate surface area is 147 Å². The van der Waals surface area contributed by atoms with Crippen LogP contribution in [0.3, 0.4) is 0 Å². The highest BCUT2D eigenvalue weighted by Crippen LogP contribution is 2.34.